The molecule has 0 spiro atoms. The van der Waals surface area contributed by atoms with Crippen LogP contribution < -0.4 is 5.32 Å². The number of nitrogens with zero attached hydrogens (tertiary/aromatic N) is 2. The molecule has 0 heterocycles. The van der Waals surface area contributed by atoms with Crippen molar-refractivity contribution in [3.05, 3.63) is 66.0 Å². The Morgan fingerprint density at radius 1 is 1.06 bits per heavy atom. The van der Waals surface area contributed by atoms with E-state index in [-0.39, 0.29) is 48.1 Å². The normalized spacial score (nSPS) is 15.1. The third-order valence-electron chi connectivity index (χ3n) is 6.67. The second kappa shape index (κ2) is 13.0. The molecule has 3 rings (SSSR count). The van der Waals surface area contributed by atoms with Crippen molar-refractivity contribution in [3.8, 4) is 0 Å². The molecule has 1 N–H and O–H groups in total. The van der Waals surface area contributed by atoms with Gasteiger partial charge in [-0.3, -0.25) is 9.59 Å². The number of nitrogens with one attached hydrogen (secondary N) is 1. The molecule has 0 aromatic heterocycles. The Kier molecular flexibility index (Phi) is 10.0. The Bertz CT molecular complexity index is 1100. The first-order valence-electron chi connectivity index (χ1n) is 12.6. The second-order valence-electron chi connectivity index (χ2n) is 9.31. The van der Waals surface area contributed by atoms with Gasteiger partial charge in [-0.15, -0.1) is 0 Å². The van der Waals surface area contributed by atoms with Crippen LogP contribution in [-0.4, -0.2) is 55.1 Å². The lowest BCUT2D eigenvalue weighted by Crippen LogP contribution is -2.51. The van der Waals surface area contributed by atoms with Crippen LogP contribution in [0.3, 0.4) is 0 Å². The zero-order chi connectivity index (χ0) is 26.1. The minimum Gasteiger partial charge on any atom is -0.352 e. The van der Waals surface area contributed by atoms with E-state index >= 15 is 0 Å². The largest absolute Gasteiger partial charge is 0.352 e. The Labute approximate surface area is 213 Å². The van der Waals surface area contributed by atoms with Crippen molar-refractivity contribution < 1.29 is 22.4 Å². The van der Waals surface area contributed by atoms with Crippen molar-refractivity contribution in [2.45, 2.75) is 75.4 Å². The van der Waals surface area contributed by atoms with E-state index in [1.54, 1.807) is 35.2 Å². The predicted molar refractivity (Wildman–Crippen MR) is 137 cm³/mol. The fourth-order valence-electron chi connectivity index (χ4n) is 4.56. The van der Waals surface area contributed by atoms with Gasteiger partial charge in [0, 0.05) is 32.6 Å². The molecule has 2 aromatic carbocycles. The summed E-state index contributed by atoms with van der Waals surface area (Å²) in [5, 5.41) is 3.09. The van der Waals surface area contributed by atoms with Crippen LogP contribution in [0.5, 0.6) is 0 Å². The van der Waals surface area contributed by atoms with Gasteiger partial charge >= 0.3 is 0 Å². The van der Waals surface area contributed by atoms with Crippen LogP contribution in [0.4, 0.5) is 4.39 Å². The number of sulfonamides is 1. The highest BCUT2D eigenvalue weighted by atomic mass is 32.2. The number of hydrogen-bond acceptors (Lipinski definition) is 4. The average molecular weight is 518 g/mol. The van der Waals surface area contributed by atoms with Crippen molar-refractivity contribution in [2.24, 2.45) is 0 Å². The van der Waals surface area contributed by atoms with Crippen LogP contribution >= 0.6 is 0 Å². The Balaban J connectivity index is 1.68. The summed E-state index contributed by atoms with van der Waals surface area (Å²) >= 11 is 0. The van der Waals surface area contributed by atoms with E-state index in [4.69, 9.17) is 0 Å². The molecule has 2 aromatic rings. The summed E-state index contributed by atoms with van der Waals surface area (Å²) in [5.74, 6) is -0.785. The Morgan fingerprint density at radius 3 is 2.31 bits per heavy atom. The van der Waals surface area contributed by atoms with Crippen molar-refractivity contribution in [2.75, 3.05) is 13.6 Å². The highest BCUT2D eigenvalue weighted by molar-refractivity contribution is 7.89. The van der Waals surface area contributed by atoms with E-state index in [1.807, 2.05) is 6.92 Å². The molecule has 0 saturated heterocycles. The van der Waals surface area contributed by atoms with Crippen molar-refractivity contribution in [1.29, 1.82) is 0 Å². The summed E-state index contributed by atoms with van der Waals surface area (Å²) in [7, 11) is -2.16. The van der Waals surface area contributed by atoms with Crippen molar-refractivity contribution in [1.82, 2.24) is 14.5 Å². The SMILES string of the molecule is CC[C@H](C(=O)NC1CCCC1)N(Cc1ccc(F)cc1)C(=O)CCCN(C)S(=O)(=O)c1ccccc1. The molecule has 1 saturated carbocycles. The van der Waals surface area contributed by atoms with Crippen LogP contribution in [-0.2, 0) is 26.2 Å². The first-order chi connectivity index (χ1) is 17.2. The van der Waals surface area contributed by atoms with Gasteiger partial charge in [0.15, 0.2) is 0 Å². The molecule has 0 bridgehead atoms. The van der Waals surface area contributed by atoms with E-state index in [9.17, 15) is 22.4 Å². The molecule has 2 amide bonds. The Morgan fingerprint density at radius 2 is 1.69 bits per heavy atom. The smallest absolute Gasteiger partial charge is 0.243 e. The quantitative estimate of drug-likeness (QED) is 0.459. The van der Waals surface area contributed by atoms with E-state index in [2.05, 4.69) is 5.32 Å². The highest BCUT2D eigenvalue weighted by Crippen LogP contribution is 2.20. The standard InChI is InChI=1S/C27H36FN3O4S/c1-3-25(27(33)29-23-10-7-8-11-23)31(20-21-15-17-22(28)18-16-21)26(32)14-9-19-30(2)36(34,35)24-12-5-4-6-13-24/h4-6,12-13,15-18,23,25H,3,7-11,14,19-20H2,1-2H3,(H,29,33)/t25-/m1/s1. The number of carbonyl (C=O) groups is 2. The molecule has 36 heavy (non-hydrogen) atoms. The Hall–Kier alpha value is -2.78. The van der Waals surface area contributed by atoms with E-state index in [0.717, 1.165) is 31.2 Å². The van der Waals surface area contributed by atoms with Gasteiger partial charge in [-0.25, -0.2) is 17.1 Å². The van der Waals surface area contributed by atoms with Gasteiger partial charge in [0.1, 0.15) is 11.9 Å². The molecule has 7 nitrogen and oxygen atoms in total. The lowest BCUT2D eigenvalue weighted by molar-refractivity contribution is -0.141. The predicted octanol–water partition coefficient (Wildman–Crippen LogP) is 4.09. The summed E-state index contributed by atoms with van der Waals surface area (Å²) in [6, 6.07) is 13.5. The van der Waals surface area contributed by atoms with Crippen LogP contribution in [0.25, 0.3) is 0 Å². The van der Waals surface area contributed by atoms with E-state index in [1.165, 1.54) is 35.6 Å². The summed E-state index contributed by atoms with van der Waals surface area (Å²) in [6.07, 6.45) is 4.88. The monoisotopic (exact) mass is 517 g/mol. The van der Waals surface area contributed by atoms with Gasteiger partial charge in [0.25, 0.3) is 0 Å². The van der Waals surface area contributed by atoms with Crippen LogP contribution in [0.15, 0.2) is 59.5 Å². The molecule has 196 valence electrons. The minimum atomic E-state index is -3.65. The molecule has 1 fully saturated rings. The summed E-state index contributed by atoms with van der Waals surface area (Å²) in [5.41, 5.74) is 0.723. The van der Waals surface area contributed by atoms with Gasteiger partial charge < -0.3 is 10.2 Å². The maximum atomic E-state index is 13.4. The van der Waals surface area contributed by atoms with E-state index < -0.39 is 16.1 Å². The molecule has 1 atom stereocenters. The zero-order valence-corrected chi connectivity index (χ0v) is 21.8. The maximum absolute atomic E-state index is 13.4. The number of carbonyl (C=O) groups excluding carboxylic acids is 2. The lowest BCUT2D eigenvalue weighted by Gasteiger charge is -2.31. The average Bonchev–Trinajstić information content (AvgIpc) is 3.38. The fraction of sp³-hybridized carbons (Fsp3) is 0.481. The second-order valence-corrected chi connectivity index (χ2v) is 11.4. The van der Waals surface area contributed by atoms with Crippen LogP contribution in [0.2, 0.25) is 0 Å². The maximum Gasteiger partial charge on any atom is 0.243 e. The number of rotatable bonds is 12. The minimum absolute atomic E-state index is 0.0864. The fourth-order valence-corrected chi connectivity index (χ4v) is 5.79. The zero-order valence-electron chi connectivity index (χ0n) is 21.0. The van der Waals surface area contributed by atoms with Crippen LogP contribution in [0, 0.1) is 5.82 Å². The summed E-state index contributed by atoms with van der Waals surface area (Å²) < 4.78 is 40.2. The number of amides is 2. The summed E-state index contributed by atoms with van der Waals surface area (Å²) in [4.78, 5) is 28.2. The molecule has 1 aliphatic rings. The summed E-state index contributed by atoms with van der Waals surface area (Å²) in [6.45, 7) is 2.20. The van der Waals surface area contributed by atoms with Gasteiger partial charge in [-0.2, -0.15) is 0 Å². The topological polar surface area (TPSA) is 86.8 Å². The third-order valence-corrected chi connectivity index (χ3v) is 8.54. The van der Waals surface area contributed by atoms with Crippen molar-refractivity contribution >= 4 is 21.8 Å². The lowest BCUT2D eigenvalue weighted by atomic mass is 10.1. The van der Waals surface area contributed by atoms with Crippen LogP contribution in [0.1, 0.15) is 57.4 Å². The molecular formula is C27H36FN3O4S. The number of benzene rings is 2. The molecule has 1 aliphatic carbocycles. The first kappa shape index (κ1) is 27.8. The number of halogens is 1. The van der Waals surface area contributed by atoms with Crippen molar-refractivity contribution in [3.63, 3.8) is 0 Å². The van der Waals surface area contributed by atoms with Gasteiger partial charge in [0.05, 0.1) is 4.90 Å². The van der Waals surface area contributed by atoms with Gasteiger partial charge in [-0.1, -0.05) is 50.1 Å². The number of hydrogen-bond donors (Lipinski definition) is 1. The molecule has 0 radical (unpaired) electrons. The van der Waals surface area contributed by atoms with E-state index in [0.29, 0.717) is 12.8 Å². The van der Waals surface area contributed by atoms with Gasteiger partial charge in [0.2, 0.25) is 21.8 Å². The third kappa shape index (κ3) is 7.36. The molecule has 9 heteroatoms. The molecule has 0 unspecified atom stereocenters. The molecular weight excluding hydrogens is 481 g/mol. The highest BCUT2D eigenvalue weighted by Gasteiger charge is 2.30. The first-order valence-corrected chi connectivity index (χ1v) is 14.0. The van der Waals surface area contributed by atoms with Gasteiger partial charge in [-0.05, 0) is 55.5 Å². The molecule has 0 aliphatic heterocycles.